The molecule has 0 saturated carbocycles. The second-order valence-electron chi connectivity index (χ2n) is 4.05. The van der Waals surface area contributed by atoms with Crippen molar-refractivity contribution in [3.63, 3.8) is 0 Å². The monoisotopic (exact) mass is 233 g/mol. The molecule has 0 fully saturated rings. The molecule has 2 rings (SSSR count). The van der Waals surface area contributed by atoms with Crippen LogP contribution in [0.5, 0.6) is 0 Å². The van der Waals surface area contributed by atoms with Crippen molar-refractivity contribution >= 4 is 17.6 Å². The minimum atomic E-state index is -0.912. The summed E-state index contributed by atoms with van der Waals surface area (Å²) >= 11 is 0. The van der Waals surface area contributed by atoms with Gasteiger partial charge in [0.2, 0.25) is 0 Å². The smallest absolute Gasteiger partial charge is 0.335 e. The van der Waals surface area contributed by atoms with Gasteiger partial charge in [-0.25, -0.2) is 4.79 Å². The van der Waals surface area contributed by atoms with Crippen LogP contribution in [0.1, 0.15) is 15.9 Å². The Kier molecular flexibility index (Phi) is 2.99. The van der Waals surface area contributed by atoms with Gasteiger partial charge in [-0.15, -0.1) is 0 Å². The molecule has 0 amide bonds. The van der Waals surface area contributed by atoms with Crippen molar-refractivity contribution in [3.8, 4) is 0 Å². The van der Waals surface area contributed by atoms with Gasteiger partial charge < -0.3 is 15.3 Å². The summed E-state index contributed by atoms with van der Waals surface area (Å²) in [5.74, 6) is -0.128. The number of carbonyl (C=O) groups is 1. The highest BCUT2D eigenvalue weighted by Crippen LogP contribution is 2.18. The lowest BCUT2D eigenvalue weighted by molar-refractivity contribution is 0.0697. The van der Waals surface area contributed by atoms with Crippen LogP contribution in [0.3, 0.4) is 0 Å². The van der Waals surface area contributed by atoms with Gasteiger partial charge in [-0.3, -0.25) is 4.99 Å². The van der Waals surface area contributed by atoms with Gasteiger partial charge in [0.15, 0.2) is 5.96 Å². The number of nitrogens with one attached hydrogen (secondary N) is 1. The lowest BCUT2D eigenvalue weighted by atomic mass is 10.1. The van der Waals surface area contributed by atoms with Gasteiger partial charge >= 0.3 is 5.97 Å². The first-order valence-electron chi connectivity index (χ1n) is 5.45. The first-order chi connectivity index (χ1) is 8.08. The molecule has 0 saturated heterocycles. The van der Waals surface area contributed by atoms with E-state index in [2.05, 4.69) is 10.3 Å². The number of nitrogens with zero attached hydrogens (tertiary/aromatic N) is 2. The Bertz CT molecular complexity index is 483. The van der Waals surface area contributed by atoms with Gasteiger partial charge in [-0.1, -0.05) is 0 Å². The quantitative estimate of drug-likeness (QED) is 0.802. The summed E-state index contributed by atoms with van der Waals surface area (Å²) in [5.41, 5.74) is 2.05. The van der Waals surface area contributed by atoms with Crippen molar-refractivity contribution in [1.29, 1.82) is 0 Å². The third kappa shape index (κ3) is 2.38. The summed E-state index contributed by atoms with van der Waals surface area (Å²) in [6.07, 6.45) is 0. The molecule has 1 aliphatic rings. The van der Waals surface area contributed by atoms with E-state index in [9.17, 15) is 4.79 Å². The molecule has 5 nitrogen and oxygen atoms in total. The standard InChI is InChI=1S/C12H15N3O2/c1-8-5-9(11(16)17)7-10(6-8)15(2)12-13-3-4-14-12/h5-7H,3-4H2,1-2H3,(H,13,14)(H,16,17). The second kappa shape index (κ2) is 4.45. The normalized spacial score (nSPS) is 14.1. The van der Waals surface area contributed by atoms with Gasteiger partial charge in [0.1, 0.15) is 0 Å². The zero-order chi connectivity index (χ0) is 12.4. The highest BCUT2D eigenvalue weighted by molar-refractivity contribution is 5.98. The summed E-state index contributed by atoms with van der Waals surface area (Å²) < 4.78 is 0. The Hall–Kier alpha value is -2.04. The van der Waals surface area contributed by atoms with E-state index in [1.165, 1.54) is 0 Å². The first kappa shape index (κ1) is 11.4. The number of aliphatic imine (C=N–C) groups is 1. The van der Waals surface area contributed by atoms with E-state index >= 15 is 0 Å². The van der Waals surface area contributed by atoms with E-state index in [1.807, 2.05) is 24.9 Å². The molecule has 0 unspecified atom stereocenters. The van der Waals surface area contributed by atoms with Crippen LogP contribution in [0.4, 0.5) is 5.69 Å². The van der Waals surface area contributed by atoms with Crippen molar-refractivity contribution < 1.29 is 9.90 Å². The predicted octanol–water partition coefficient (Wildman–Crippen LogP) is 1.09. The number of benzene rings is 1. The van der Waals surface area contributed by atoms with Gasteiger partial charge in [-0.2, -0.15) is 0 Å². The molecule has 2 N–H and O–H groups in total. The van der Waals surface area contributed by atoms with Crippen molar-refractivity contribution in [2.75, 3.05) is 25.0 Å². The molecule has 0 radical (unpaired) electrons. The maximum absolute atomic E-state index is 11.0. The molecule has 0 bridgehead atoms. The Morgan fingerprint density at radius 1 is 1.47 bits per heavy atom. The second-order valence-corrected chi connectivity index (χ2v) is 4.05. The van der Waals surface area contributed by atoms with Crippen LogP contribution in [-0.4, -0.2) is 37.2 Å². The molecular weight excluding hydrogens is 218 g/mol. The molecule has 90 valence electrons. The summed E-state index contributed by atoms with van der Waals surface area (Å²) in [4.78, 5) is 17.2. The minimum absolute atomic E-state index is 0.297. The Labute approximate surface area is 99.8 Å². The van der Waals surface area contributed by atoms with Gasteiger partial charge in [0, 0.05) is 19.3 Å². The van der Waals surface area contributed by atoms with E-state index < -0.39 is 5.97 Å². The average molecular weight is 233 g/mol. The predicted molar refractivity (Wildman–Crippen MR) is 66.8 cm³/mol. The third-order valence-electron chi connectivity index (χ3n) is 2.67. The highest BCUT2D eigenvalue weighted by atomic mass is 16.4. The van der Waals surface area contributed by atoms with Crippen LogP contribution in [0.2, 0.25) is 0 Å². The zero-order valence-corrected chi connectivity index (χ0v) is 9.90. The largest absolute Gasteiger partial charge is 0.478 e. The fourth-order valence-electron chi connectivity index (χ4n) is 1.81. The van der Waals surface area contributed by atoms with Crippen LogP contribution < -0.4 is 10.2 Å². The molecule has 5 heteroatoms. The fourth-order valence-corrected chi connectivity index (χ4v) is 1.81. The van der Waals surface area contributed by atoms with Crippen LogP contribution in [0.15, 0.2) is 23.2 Å². The molecule has 1 aromatic rings. The lowest BCUT2D eigenvalue weighted by Crippen LogP contribution is -2.35. The molecule has 0 aromatic heterocycles. The number of anilines is 1. The minimum Gasteiger partial charge on any atom is -0.478 e. The van der Waals surface area contributed by atoms with Crippen LogP contribution >= 0.6 is 0 Å². The summed E-state index contributed by atoms with van der Waals surface area (Å²) in [5, 5.41) is 12.2. The lowest BCUT2D eigenvalue weighted by Gasteiger charge is -2.20. The fraction of sp³-hybridized carbons (Fsp3) is 0.333. The number of carboxylic acid groups (broad SMARTS) is 1. The summed E-state index contributed by atoms with van der Waals surface area (Å²) in [7, 11) is 1.87. The Morgan fingerprint density at radius 2 is 2.24 bits per heavy atom. The molecule has 1 aromatic carbocycles. The summed E-state index contributed by atoms with van der Waals surface area (Å²) in [6, 6.07) is 5.25. The number of hydrogen-bond donors (Lipinski definition) is 2. The number of guanidine groups is 1. The number of hydrogen-bond acceptors (Lipinski definition) is 4. The summed E-state index contributed by atoms with van der Waals surface area (Å²) in [6.45, 7) is 3.47. The van der Waals surface area contributed by atoms with Gasteiger partial charge in [-0.05, 0) is 30.7 Å². The molecule has 1 heterocycles. The first-order valence-corrected chi connectivity index (χ1v) is 5.45. The maximum Gasteiger partial charge on any atom is 0.335 e. The number of aromatic carboxylic acids is 1. The molecular formula is C12H15N3O2. The van der Waals surface area contributed by atoms with Crippen LogP contribution in [0.25, 0.3) is 0 Å². The van der Waals surface area contributed by atoms with E-state index in [1.54, 1.807) is 12.1 Å². The van der Waals surface area contributed by atoms with E-state index in [0.717, 1.165) is 30.3 Å². The Balaban J connectivity index is 2.34. The van der Waals surface area contributed by atoms with Gasteiger partial charge in [0.05, 0.1) is 12.1 Å². The Morgan fingerprint density at radius 3 is 2.82 bits per heavy atom. The number of aryl methyl sites for hydroxylation is 1. The van der Waals surface area contributed by atoms with E-state index in [-0.39, 0.29) is 0 Å². The molecule has 0 aliphatic carbocycles. The maximum atomic E-state index is 11.0. The molecule has 17 heavy (non-hydrogen) atoms. The van der Waals surface area contributed by atoms with E-state index in [4.69, 9.17) is 5.11 Å². The topological polar surface area (TPSA) is 64.9 Å². The van der Waals surface area contributed by atoms with Crippen LogP contribution in [0, 0.1) is 6.92 Å². The highest BCUT2D eigenvalue weighted by Gasteiger charge is 2.14. The molecule has 1 aliphatic heterocycles. The van der Waals surface area contributed by atoms with Crippen LogP contribution in [-0.2, 0) is 0 Å². The average Bonchev–Trinajstić information content (AvgIpc) is 2.80. The van der Waals surface area contributed by atoms with Crippen molar-refractivity contribution in [2.24, 2.45) is 4.99 Å². The number of rotatable bonds is 2. The molecule has 0 spiro atoms. The SMILES string of the molecule is Cc1cc(C(=O)O)cc(N(C)C2=NCCN2)c1. The number of carboxylic acids is 1. The van der Waals surface area contributed by atoms with Crippen molar-refractivity contribution in [3.05, 3.63) is 29.3 Å². The van der Waals surface area contributed by atoms with Gasteiger partial charge in [0.25, 0.3) is 0 Å². The van der Waals surface area contributed by atoms with E-state index in [0.29, 0.717) is 5.56 Å². The third-order valence-corrected chi connectivity index (χ3v) is 2.67. The van der Waals surface area contributed by atoms with Crippen molar-refractivity contribution in [1.82, 2.24) is 5.32 Å². The van der Waals surface area contributed by atoms with Crippen molar-refractivity contribution in [2.45, 2.75) is 6.92 Å². The zero-order valence-electron chi connectivity index (χ0n) is 9.90. The molecule has 0 atom stereocenters.